The number of rotatable bonds is 7. The van der Waals surface area contributed by atoms with Crippen molar-refractivity contribution in [3.05, 3.63) is 65.7 Å². The number of carbonyl (C=O) groups is 2. The van der Waals surface area contributed by atoms with E-state index in [0.29, 0.717) is 11.3 Å². The molecule has 6 heteroatoms. The molecule has 2 rings (SSSR count). The minimum absolute atomic E-state index is 0.212. The van der Waals surface area contributed by atoms with Crippen molar-refractivity contribution in [2.45, 2.75) is 44.9 Å². The van der Waals surface area contributed by atoms with Gasteiger partial charge in [0.05, 0.1) is 0 Å². The normalized spacial score (nSPS) is 13.5. The van der Waals surface area contributed by atoms with Crippen LogP contribution >= 0.6 is 0 Å². The van der Waals surface area contributed by atoms with E-state index >= 15 is 0 Å². The van der Waals surface area contributed by atoms with E-state index in [4.69, 9.17) is 20.3 Å². The quantitative estimate of drug-likeness (QED) is 0.726. The SMILES string of the molecule is CC(C)(C)OC(=O)C(Oc1ccc(CC(N)C(=O)O)cc1)c1ccccc1. The molecule has 2 aromatic carbocycles. The Morgan fingerprint density at radius 1 is 1.04 bits per heavy atom. The van der Waals surface area contributed by atoms with Gasteiger partial charge in [-0.2, -0.15) is 0 Å². The molecule has 0 aliphatic heterocycles. The first-order valence-corrected chi connectivity index (χ1v) is 8.67. The van der Waals surface area contributed by atoms with Crippen molar-refractivity contribution in [2.24, 2.45) is 5.73 Å². The second-order valence-electron chi connectivity index (χ2n) is 7.23. The lowest BCUT2D eigenvalue weighted by molar-refractivity contribution is -0.163. The summed E-state index contributed by atoms with van der Waals surface area (Å²) in [5.41, 5.74) is 6.37. The van der Waals surface area contributed by atoms with E-state index in [1.54, 1.807) is 57.2 Å². The molecule has 0 spiro atoms. The van der Waals surface area contributed by atoms with Crippen molar-refractivity contribution in [2.75, 3.05) is 0 Å². The molecule has 6 nitrogen and oxygen atoms in total. The molecule has 2 aromatic rings. The summed E-state index contributed by atoms with van der Waals surface area (Å²) in [6, 6.07) is 15.0. The average Bonchev–Trinajstić information content (AvgIpc) is 2.60. The Balaban J connectivity index is 2.17. The third kappa shape index (κ3) is 6.42. The summed E-state index contributed by atoms with van der Waals surface area (Å²) in [6.45, 7) is 5.40. The fourth-order valence-corrected chi connectivity index (χ4v) is 2.42. The third-order valence-corrected chi connectivity index (χ3v) is 3.67. The van der Waals surface area contributed by atoms with E-state index in [9.17, 15) is 9.59 Å². The predicted molar refractivity (Wildman–Crippen MR) is 101 cm³/mol. The van der Waals surface area contributed by atoms with Gasteiger partial charge in [0.25, 0.3) is 0 Å². The van der Waals surface area contributed by atoms with Crippen molar-refractivity contribution in [1.82, 2.24) is 0 Å². The Hall–Kier alpha value is -2.86. The molecule has 27 heavy (non-hydrogen) atoms. The van der Waals surface area contributed by atoms with Gasteiger partial charge >= 0.3 is 11.9 Å². The molecule has 0 amide bonds. The summed E-state index contributed by atoms with van der Waals surface area (Å²) >= 11 is 0. The molecule has 0 radical (unpaired) electrons. The molecule has 144 valence electrons. The Morgan fingerprint density at radius 3 is 2.15 bits per heavy atom. The number of carboxylic acids is 1. The highest BCUT2D eigenvalue weighted by atomic mass is 16.6. The lowest BCUT2D eigenvalue weighted by Crippen LogP contribution is -2.32. The maximum absolute atomic E-state index is 12.6. The zero-order valence-corrected chi connectivity index (χ0v) is 15.7. The average molecular weight is 371 g/mol. The number of carbonyl (C=O) groups excluding carboxylic acids is 1. The fourth-order valence-electron chi connectivity index (χ4n) is 2.42. The van der Waals surface area contributed by atoms with Crippen LogP contribution in [0.4, 0.5) is 0 Å². The number of esters is 1. The molecule has 0 bridgehead atoms. The van der Waals surface area contributed by atoms with Gasteiger partial charge in [-0.15, -0.1) is 0 Å². The number of aliphatic carboxylic acids is 1. The smallest absolute Gasteiger partial charge is 0.352 e. The van der Waals surface area contributed by atoms with Gasteiger partial charge in [-0.25, -0.2) is 4.79 Å². The van der Waals surface area contributed by atoms with Crippen LogP contribution in [0.15, 0.2) is 54.6 Å². The van der Waals surface area contributed by atoms with Crippen LogP contribution in [-0.2, 0) is 20.7 Å². The number of nitrogens with two attached hydrogens (primary N) is 1. The zero-order valence-electron chi connectivity index (χ0n) is 15.7. The Kier molecular flexibility index (Phi) is 6.58. The summed E-state index contributed by atoms with van der Waals surface area (Å²) in [7, 11) is 0. The summed E-state index contributed by atoms with van der Waals surface area (Å²) in [5.74, 6) is -1.06. The number of hydrogen-bond donors (Lipinski definition) is 2. The standard InChI is InChI=1S/C21H25NO5/c1-21(2,3)27-20(25)18(15-7-5-4-6-8-15)26-16-11-9-14(10-12-16)13-17(22)19(23)24/h4-12,17-18H,13,22H2,1-3H3,(H,23,24). The van der Waals surface area contributed by atoms with Crippen LogP contribution < -0.4 is 10.5 Å². The van der Waals surface area contributed by atoms with Gasteiger partial charge in [0.2, 0.25) is 6.10 Å². The van der Waals surface area contributed by atoms with Crippen LogP contribution in [0, 0.1) is 0 Å². The van der Waals surface area contributed by atoms with E-state index in [-0.39, 0.29) is 6.42 Å². The van der Waals surface area contributed by atoms with Crippen molar-refractivity contribution < 1.29 is 24.2 Å². The van der Waals surface area contributed by atoms with Gasteiger partial charge in [-0.1, -0.05) is 42.5 Å². The minimum atomic E-state index is -1.05. The van der Waals surface area contributed by atoms with Gasteiger partial charge < -0.3 is 20.3 Å². The topological polar surface area (TPSA) is 98.9 Å². The highest BCUT2D eigenvalue weighted by molar-refractivity contribution is 5.77. The van der Waals surface area contributed by atoms with Crippen molar-refractivity contribution in [3.63, 3.8) is 0 Å². The van der Waals surface area contributed by atoms with Crippen LogP contribution in [0.1, 0.15) is 38.0 Å². The Morgan fingerprint density at radius 2 is 1.63 bits per heavy atom. The molecule has 2 unspecified atom stereocenters. The molecule has 0 aromatic heterocycles. The first-order valence-electron chi connectivity index (χ1n) is 8.67. The van der Waals surface area contributed by atoms with Crippen molar-refractivity contribution in [3.8, 4) is 5.75 Å². The molecule has 0 heterocycles. The van der Waals surface area contributed by atoms with Crippen molar-refractivity contribution in [1.29, 1.82) is 0 Å². The van der Waals surface area contributed by atoms with Gasteiger partial charge in [-0.3, -0.25) is 4.79 Å². The van der Waals surface area contributed by atoms with Crippen LogP contribution in [0.5, 0.6) is 5.75 Å². The maximum atomic E-state index is 12.6. The van der Waals surface area contributed by atoms with E-state index in [1.165, 1.54) is 0 Å². The molecular formula is C21H25NO5. The van der Waals surface area contributed by atoms with Crippen LogP contribution in [-0.4, -0.2) is 28.7 Å². The number of hydrogen-bond acceptors (Lipinski definition) is 5. The number of benzene rings is 2. The molecule has 2 atom stereocenters. The molecule has 0 saturated heterocycles. The molecule has 0 fully saturated rings. The monoisotopic (exact) mass is 371 g/mol. The minimum Gasteiger partial charge on any atom is -0.480 e. The molecule has 0 aliphatic rings. The predicted octanol–water partition coefficient (Wildman–Crippen LogP) is 3.10. The molecule has 0 saturated carbocycles. The molecule has 0 aliphatic carbocycles. The number of carboxylic acid groups (broad SMARTS) is 1. The largest absolute Gasteiger partial charge is 0.480 e. The summed E-state index contributed by atoms with van der Waals surface area (Å²) < 4.78 is 11.4. The van der Waals surface area contributed by atoms with Crippen LogP contribution in [0.25, 0.3) is 0 Å². The zero-order chi connectivity index (χ0) is 20.0. The van der Waals surface area contributed by atoms with Gasteiger partial charge in [0.1, 0.15) is 17.4 Å². The lowest BCUT2D eigenvalue weighted by atomic mass is 10.1. The van der Waals surface area contributed by atoms with Crippen molar-refractivity contribution >= 4 is 11.9 Å². The first-order chi connectivity index (χ1) is 12.7. The Labute approximate surface area is 158 Å². The summed E-state index contributed by atoms with van der Waals surface area (Å²) in [6.07, 6.45) is -0.693. The third-order valence-electron chi connectivity index (χ3n) is 3.67. The van der Waals surface area contributed by atoms with E-state index in [1.807, 2.05) is 18.2 Å². The summed E-state index contributed by atoms with van der Waals surface area (Å²) in [5, 5.41) is 8.90. The highest BCUT2D eigenvalue weighted by Crippen LogP contribution is 2.25. The second-order valence-corrected chi connectivity index (χ2v) is 7.23. The first kappa shape index (κ1) is 20.5. The summed E-state index contributed by atoms with van der Waals surface area (Å²) in [4.78, 5) is 23.5. The molecule has 3 N–H and O–H groups in total. The van der Waals surface area contributed by atoms with Gasteiger partial charge in [-0.05, 0) is 44.9 Å². The van der Waals surface area contributed by atoms with Gasteiger partial charge in [0, 0.05) is 5.56 Å². The number of ether oxygens (including phenoxy) is 2. The van der Waals surface area contributed by atoms with E-state index in [2.05, 4.69) is 0 Å². The lowest BCUT2D eigenvalue weighted by Gasteiger charge is -2.25. The fraction of sp³-hybridized carbons (Fsp3) is 0.333. The van der Waals surface area contributed by atoms with Crippen LogP contribution in [0.3, 0.4) is 0 Å². The van der Waals surface area contributed by atoms with E-state index < -0.39 is 29.7 Å². The van der Waals surface area contributed by atoms with Crippen LogP contribution in [0.2, 0.25) is 0 Å². The Bertz CT molecular complexity index is 765. The van der Waals surface area contributed by atoms with Gasteiger partial charge in [0.15, 0.2) is 0 Å². The molecular weight excluding hydrogens is 346 g/mol. The van der Waals surface area contributed by atoms with E-state index in [0.717, 1.165) is 5.56 Å². The second kappa shape index (κ2) is 8.68. The highest BCUT2D eigenvalue weighted by Gasteiger charge is 2.28. The maximum Gasteiger partial charge on any atom is 0.352 e.